The molecule has 0 fully saturated rings. The third-order valence-electron chi connectivity index (χ3n) is 2.76. The summed E-state index contributed by atoms with van der Waals surface area (Å²) in [5.41, 5.74) is -1.67. The summed E-state index contributed by atoms with van der Waals surface area (Å²) in [5, 5.41) is 26.7. The van der Waals surface area contributed by atoms with Gasteiger partial charge in [-0.15, -0.1) is 0 Å². The van der Waals surface area contributed by atoms with Gasteiger partial charge in [-0.3, -0.25) is 14.4 Å². The summed E-state index contributed by atoms with van der Waals surface area (Å²) in [6.45, 7) is 0. The maximum Gasteiger partial charge on any atom is 0.336 e. The second-order valence-corrected chi connectivity index (χ2v) is 4.50. The lowest BCUT2D eigenvalue weighted by Crippen LogP contribution is -2.32. The van der Waals surface area contributed by atoms with Crippen molar-refractivity contribution < 1.29 is 39.3 Å². The molecule has 0 spiro atoms. The molecule has 0 saturated heterocycles. The Labute approximate surface area is 128 Å². The van der Waals surface area contributed by atoms with Gasteiger partial charge in [0.1, 0.15) is 5.92 Å². The van der Waals surface area contributed by atoms with Crippen LogP contribution in [-0.2, 0) is 9.59 Å². The monoisotopic (exact) mass is 326 g/mol. The zero-order valence-electron chi connectivity index (χ0n) is 10.8. The van der Waals surface area contributed by atoms with Crippen LogP contribution in [0.25, 0.3) is 0 Å². The van der Waals surface area contributed by atoms with Crippen molar-refractivity contribution in [1.29, 1.82) is 0 Å². The van der Waals surface area contributed by atoms with Crippen molar-refractivity contribution in [3.8, 4) is 0 Å². The molecule has 0 aromatic heterocycles. The summed E-state index contributed by atoms with van der Waals surface area (Å²) in [4.78, 5) is 56.7. The van der Waals surface area contributed by atoms with Crippen LogP contribution in [0.15, 0.2) is 18.2 Å². The van der Waals surface area contributed by atoms with E-state index in [-0.39, 0.29) is 0 Å². The van der Waals surface area contributed by atoms with Crippen molar-refractivity contribution >= 4 is 42.1 Å². The summed E-state index contributed by atoms with van der Waals surface area (Å²) in [6.07, 6.45) is 0. The Bertz CT molecular complexity index is 679. The largest absolute Gasteiger partial charge is 0.481 e. The molecule has 22 heavy (non-hydrogen) atoms. The van der Waals surface area contributed by atoms with Crippen molar-refractivity contribution in [2.75, 3.05) is 5.75 Å². The van der Waals surface area contributed by atoms with E-state index in [4.69, 9.17) is 15.3 Å². The van der Waals surface area contributed by atoms with Crippen LogP contribution < -0.4 is 0 Å². The van der Waals surface area contributed by atoms with Gasteiger partial charge < -0.3 is 15.3 Å². The highest BCUT2D eigenvalue weighted by molar-refractivity contribution is 7.80. The molecule has 0 amide bonds. The van der Waals surface area contributed by atoms with Crippen LogP contribution in [0.3, 0.4) is 0 Å². The number of carboxylic acids is 3. The number of benzene rings is 1. The molecule has 9 heteroatoms. The molecule has 0 heterocycles. The zero-order valence-corrected chi connectivity index (χ0v) is 11.7. The first-order valence-corrected chi connectivity index (χ1v) is 6.36. The second-order valence-electron chi connectivity index (χ2n) is 4.14. The lowest BCUT2D eigenvalue weighted by Gasteiger charge is -2.09. The minimum atomic E-state index is -1.74. The summed E-state index contributed by atoms with van der Waals surface area (Å²) in [6, 6.07) is 2.55. The highest BCUT2D eigenvalue weighted by atomic mass is 32.1. The van der Waals surface area contributed by atoms with Crippen molar-refractivity contribution in [2.24, 2.45) is 5.92 Å². The minimum absolute atomic E-state index is 0.404. The Kier molecular flexibility index (Phi) is 5.41. The van der Waals surface area contributed by atoms with Gasteiger partial charge in [-0.25, -0.2) is 9.59 Å². The summed E-state index contributed by atoms with van der Waals surface area (Å²) in [7, 11) is 0. The number of rotatable bonds is 7. The topological polar surface area (TPSA) is 146 Å². The number of Topliss-reactive ketones (excluding diaryl/α,β-unsaturated/α-hetero) is 2. The van der Waals surface area contributed by atoms with Gasteiger partial charge in [-0.2, -0.15) is 12.6 Å². The van der Waals surface area contributed by atoms with Gasteiger partial charge in [-0.1, -0.05) is 0 Å². The van der Waals surface area contributed by atoms with Crippen LogP contribution in [0.1, 0.15) is 31.1 Å². The number of carbonyl (C=O) groups is 5. The van der Waals surface area contributed by atoms with Crippen LogP contribution in [0.4, 0.5) is 0 Å². The Morgan fingerprint density at radius 3 is 1.95 bits per heavy atom. The Morgan fingerprint density at radius 2 is 1.55 bits per heavy atom. The summed E-state index contributed by atoms with van der Waals surface area (Å²) in [5.74, 6) is -9.52. The van der Waals surface area contributed by atoms with Gasteiger partial charge in [0.25, 0.3) is 0 Å². The fourth-order valence-corrected chi connectivity index (χ4v) is 1.94. The molecule has 1 unspecified atom stereocenters. The van der Waals surface area contributed by atoms with Crippen molar-refractivity contribution in [3.05, 3.63) is 34.9 Å². The van der Waals surface area contributed by atoms with Gasteiger partial charge in [0.05, 0.1) is 11.1 Å². The van der Waals surface area contributed by atoms with E-state index < -0.39 is 57.8 Å². The smallest absolute Gasteiger partial charge is 0.336 e. The molecule has 8 nitrogen and oxygen atoms in total. The van der Waals surface area contributed by atoms with Crippen LogP contribution >= 0.6 is 12.6 Å². The predicted octanol–water partition coefficient (Wildman–Crippen LogP) is 0.465. The van der Waals surface area contributed by atoms with Gasteiger partial charge in [0.15, 0.2) is 0 Å². The molecule has 0 aliphatic rings. The summed E-state index contributed by atoms with van der Waals surface area (Å²) >= 11 is 3.66. The molecule has 0 aliphatic heterocycles. The zero-order chi connectivity index (χ0) is 17.0. The highest BCUT2D eigenvalue weighted by Gasteiger charge is 2.33. The standard InChI is InChI=1S/C13H10O8S/c14-9(10(15)8(4-22)13(20)21)7-3-5(11(16)17)1-2-6(7)12(18)19/h1-3,8,22H,4H2,(H,16,17)(H,18,19)(H,20,21). The van der Waals surface area contributed by atoms with E-state index in [1.165, 1.54) is 0 Å². The van der Waals surface area contributed by atoms with Gasteiger partial charge in [-0.05, 0) is 18.2 Å². The van der Waals surface area contributed by atoms with Crippen molar-refractivity contribution in [2.45, 2.75) is 0 Å². The quantitative estimate of drug-likeness (QED) is 0.245. The third-order valence-corrected chi connectivity index (χ3v) is 3.13. The number of carboxylic acid groups (broad SMARTS) is 3. The maximum atomic E-state index is 12.0. The van der Waals surface area contributed by atoms with E-state index in [9.17, 15) is 24.0 Å². The van der Waals surface area contributed by atoms with Gasteiger partial charge in [0, 0.05) is 11.3 Å². The fourth-order valence-electron chi connectivity index (χ4n) is 1.62. The first-order valence-electron chi connectivity index (χ1n) is 5.73. The molecule has 1 atom stereocenters. The van der Waals surface area contributed by atoms with Gasteiger partial charge >= 0.3 is 17.9 Å². The van der Waals surface area contributed by atoms with E-state index in [1.807, 2.05) is 0 Å². The van der Waals surface area contributed by atoms with Crippen LogP contribution in [0, 0.1) is 5.92 Å². The summed E-state index contributed by atoms with van der Waals surface area (Å²) < 4.78 is 0. The first-order chi connectivity index (χ1) is 10.2. The Balaban J connectivity index is 3.39. The van der Waals surface area contributed by atoms with E-state index in [0.717, 1.165) is 18.2 Å². The molecule has 1 rings (SSSR count). The number of ketones is 2. The fraction of sp³-hybridized carbons (Fsp3) is 0.154. The van der Waals surface area contributed by atoms with Crippen LogP contribution in [-0.4, -0.2) is 50.5 Å². The molecule has 0 saturated carbocycles. The Morgan fingerprint density at radius 1 is 0.955 bits per heavy atom. The number of carbonyl (C=O) groups excluding carboxylic acids is 2. The van der Waals surface area contributed by atoms with E-state index in [2.05, 4.69) is 12.6 Å². The molecular weight excluding hydrogens is 316 g/mol. The molecular formula is C13H10O8S. The van der Waals surface area contributed by atoms with Crippen LogP contribution in [0.5, 0.6) is 0 Å². The average molecular weight is 326 g/mol. The molecule has 1 aromatic rings. The SMILES string of the molecule is O=C(O)c1ccc(C(=O)O)c(C(=O)C(=O)C(CS)C(=O)O)c1. The molecule has 3 N–H and O–H groups in total. The lowest BCUT2D eigenvalue weighted by molar-refractivity contribution is -0.144. The van der Waals surface area contributed by atoms with E-state index >= 15 is 0 Å². The van der Waals surface area contributed by atoms with E-state index in [0.29, 0.717) is 0 Å². The molecule has 0 radical (unpaired) electrons. The second kappa shape index (κ2) is 6.85. The molecule has 0 aliphatic carbocycles. The van der Waals surface area contributed by atoms with E-state index in [1.54, 1.807) is 0 Å². The van der Waals surface area contributed by atoms with Gasteiger partial charge in [0.2, 0.25) is 11.6 Å². The number of aromatic carboxylic acids is 2. The number of thiol groups is 1. The van der Waals surface area contributed by atoms with Crippen molar-refractivity contribution in [1.82, 2.24) is 0 Å². The predicted molar refractivity (Wildman–Crippen MR) is 74.7 cm³/mol. The molecule has 1 aromatic carbocycles. The number of hydrogen-bond acceptors (Lipinski definition) is 6. The third kappa shape index (κ3) is 3.50. The molecule has 0 bridgehead atoms. The minimum Gasteiger partial charge on any atom is -0.481 e. The average Bonchev–Trinajstić information content (AvgIpc) is 2.45. The number of hydrogen-bond donors (Lipinski definition) is 4. The van der Waals surface area contributed by atoms with Crippen molar-refractivity contribution in [3.63, 3.8) is 0 Å². The lowest BCUT2D eigenvalue weighted by atomic mass is 9.93. The molecule has 116 valence electrons. The van der Waals surface area contributed by atoms with Crippen LogP contribution in [0.2, 0.25) is 0 Å². The number of aliphatic carboxylic acids is 1. The maximum absolute atomic E-state index is 12.0. The Hall–Kier alpha value is -2.68. The highest BCUT2D eigenvalue weighted by Crippen LogP contribution is 2.16. The normalized spacial score (nSPS) is 11.5. The first kappa shape index (κ1) is 17.4.